The molecule has 9 unspecified atom stereocenters. The number of allylic oxidation sites excluding steroid dienone is 1. The molecule has 0 radical (unpaired) electrons. The number of phenolic OH excluding ortho intramolecular Hbond substituents is 3. The van der Waals surface area contributed by atoms with Gasteiger partial charge in [-0.05, 0) is 179 Å². The van der Waals surface area contributed by atoms with E-state index in [1.807, 2.05) is 30.3 Å². The molecule has 2 heterocycles. The molecule has 25 heteroatoms. The first-order valence-electron chi connectivity index (χ1n) is 34.1. The minimum absolute atomic E-state index is 0.0155. The van der Waals surface area contributed by atoms with Gasteiger partial charge in [-0.2, -0.15) is 0 Å². The molecule has 0 aliphatic heterocycles. The zero-order chi connectivity index (χ0) is 77.7. The molecule has 12 rings (SSSR count). The number of methoxy groups -OCH3 is 6. The maximum Gasteiger partial charge on any atom is 0.224 e. The van der Waals surface area contributed by atoms with Crippen LogP contribution in [0.15, 0.2) is 173 Å². The largest absolute Gasteiger partial charge is 0.502 e. The second-order valence-corrected chi connectivity index (χ2v) is 26.8. The molecule has 0 spiro atoms. The summed E-state index contributed by atoms with van der Waals surface area (Å²) in [6.07, 6.45) is 1.97. The van der Waals surface area contributed by atoms with Crippen LogP contribution in [0.4, 0.5) is 35.1 Å². The Morgan fingerprint density at radius 1 is 0.467 bits per heavy atom. The number of amides is 3. The topological polar surface area (TPSA) is 230 Å². The summed E-state index contributed by atoms with van der Waals surface area (Å²) in [4.78, 5) is 38.2. The van der Waals surface area contributed by atoms with Gasteiger partial charge in [0.15, 0.2) is 62.8 Å². The third kappa shape index (κ3) is 15.2. The van der Waals surface area contributed by atoms with Crippen molar-refractivity contribution in [3.63, 3.8) is 0 Å². The number of carbonyl (C=O) groups excluding carboxylic acids is 3. The first-order chi connectivity index (χ1) is 50.8. The molecular weight excluding hydrogens is 1400 g/mol. The van der Waals surface area contributed by atoms with Gasteiger partial charge in [0, 0.05) is 55.0 Å². The van der Waals surface area contributed by atoms with E-state index in [9.17, 15) is 42.9 Å². The molecule has 107 heavy (non-hydrogen) atoms. The van der Waals surface area contributed by atoms with Crippen LogP contribution in [0.25, 0.3) is 5.57 Å². The number of ether oxygens (including phenoxy) is 6. The monoisotopic (exact) mass is 1490 g/mol. The SMILES string of the molecule is COc1cc(C(C)C2(F)c3ccc(F)cc3C(CC(=O)NCc3ccccc3)C2(C)F)cc(OC)c1O.COc1cc(C(C)C2(F)c3ccc(F)cc3C(CC(=O)NCc3ccco3)C2(C)F)cc(OC)c1O.COc1cc(CC2(F)C(C)=C(CC(=O)NCc3ccco3)c3cc(F)ccc32)cc(OC)c1O. The molecular formula is C82H83F8N3O14. The lowest BCUT2D eigenvalue weighted by atomic mass is 9.72. The van der Waals surface area contributed by atoms with E-state index in [2.05, 4.69) is 16.0 Å². The number of hydrogen-bond acceptors (Lipinski definition) is 14. The van der Waals surface area contributed by atoms with Gasteiger partial charge >= 0.3 is 0 Å². The molecule has 0 saturated heterocycles. The molecule has 3 aliphatic carbocycles. The standard InChI is InChI=1S/C29H30F3NO4.C27H28F3NO5.C26H25F2NO5/c1-17(19-12-24(36-3)27(35)25(13-19)37-4)29(32)22-11-10-20(30)14-21(22)23(28(29,2)31)15-26(34)33-16-18-8-6-5-7-9-18;1-15(16-10-22(34-3)25(33)23(11-16)35-4)27(30)20-8-7-17(28)12-19(20)21(26(27,2)29)13-24(32)31-14-18-6-5-9-36-18;1-15-19(12-24(30)29-14-18-5-4-8-34-18)20-11-17(27)6-7-21(20)26(15,28)13-16-9-22(32-2)25(31)23(10-16)33-3/h5-14,17,23,35H,15-16H2,1-4H3,(H,33,34);5-12,15,21,33H,13-14H2,1-4H3,(H,31,32);4-11,31H,12-14H2,1-3H3,(H,29,30). The van der Waals surface area contributed by atoms with Gasteiger partial charge < -0.3 is 68.5 Å². The molecule has 2 aromatic heterocycles. The van der Waals surface area contributed by atoms with Crippen molar-refractivity contribution in [2.75, 3.05) is 42.7 Å². The Balaban J connectivity index is 0.000000172. The molecule has 17 nitrogen and oxygen atoms in total. The van der Waals surface area contributed by atoms with Crippen LogP contribution >= 0.6 is 0 Å². The molecule has 3 aliphatic rings. The van der Waals surface area contributed by atoms with Gasteiger partial charge in [-0.15, -0.1) is 0 Å². The Morgan fingerprint density at radius 2 is 0.841 bits per heavy atom. The molecule has 3 amide bonds. The van der Waals surface area contributed by atoms with E-state index in [-0.39, 0.29) is 124 Å². The highest BCUT2D eigenvalue weighted by Gasteiger charge is 2.67. The first kappa shape index (κ1) is 78.5. The minimum atomic E-state index is -2.64. The van der Waals surface area contributed by atoms with Gasteiger partial charge in [-0.3, -0.25) is 14.4 Å². The predicted molar refractivity (Wildman–Crippen MR) is 382 cm³/mol. The van der Waals surface area contributed by atoms with Crippen molar-refractivity contribution in [3.05, 3.63) is 248 Å². The molecule has 0 saturated carbocycles. The van der Waals surface area contributed by atoms with Crippen molar-refractivity contribution in [3.8, 4) is 51.7 Å². The number of carbonyl (C=O) groups is 3. The Hall–Kier alpha value is -11.1. The number of halogens is 8. The molecule has 9 aromatic rings. The summed E-state index contributed by atoms with van der Waals surface area (Å²) in [6.45, 7) is 7.34. The van der Waals surface area contributed by atoms with E-state index in [4.69, 9.17) is 37.3 Å². The van der Waals surface area contributed by atoms with Crippen LogP contribution in [-0.2, 0) is 57.4 Å². The summed E-state index contributed by atoms with van der Waals surface area (Å²) in [6, 6.07) is 35.4. The van der Waals surface area contributed by atoms with Gasteiger partial charge in [0.1, 0.15) is 29.0 Å². The lowest BCUT2D eigenvalue weighted by Gasteiger charge is -2.39. The molecule has 0 bridgehead atoms. The third-order valence-electron chi connectivity index (χ3n) is 20.8. The predicted octanol–water partition coefficient (Wildman–Crippen LogP) is 16.7. The van der Waals surface area contributed by atoms with Crippen LogP contribution in [0.2, 0.25) is 0 Å². The number of alkyl halides is 5. The van der Waals surface area contributed by atoms with Gasteiger partial charge in [-0.25, -0.2) is 35.1 Å². The zero-order valence-corrected chi connectivity index (χ0v) is 60.6. The van der Waals surface area contributed by atoms with Gasteiger partial charge in [0.2, 0.25) is 35.0 Å². The minimum Gasteiger partial charge on any atom is -0.502 e. The van der Waals surface area contributed by atoms with E-state index in [1.165, 1.54) is 136 Å². The highest BCUT2D eigenvalue weighted by Crippen LogP contribution is 2.65. The number of phenols is 3. The Labute approximate surface area is 613 Å². The van der Waals surface area contributed by atoms with Crippen molar-refractivity contribution >= 4 is 23.3 Å². The second kappa shape index (κ2) is 31.9. The van der Waals surface area contributed by atoms with E-state index >= 15 is 22.0 Å². The van der Waals surface area contributed by atoms with Gasteiger partial charge in [-0.1, -0.05) is 62.4 Å². The fraction of sp³-hybridized carbons (Fsp3) is 0.329. The highest BCUT2D eigenvalue weighted by atomic mass is 19.2. The number of fused-ring (bicyclic) bond motifs is 3. The van der Waals surface area contributed by atoms with Crippen LogP contribution in [0.1, 0.15) is 145 Å². The van der Waals surface area contributed by atoms with Crippen molar-refractivity contribution < 1.29 is 102 Å². The summed E-state index contributed by atoms with van der Waals surface area (Å²) in [5.74, 6) is -7.07. The number of nitrogens with one attached hydrogen (secondary N) is 3. The molecule has 9 atom stereocenters. The summed E-state index contributed by atoms with van der Waals surface area (Å²) in [5.41, 5.74) is -8.89. The first-order valence-corrected chi connectivity index (χ1v) is 34.1. The Bertz CT molecular complexity index is 4670. The summed E-state index contributed by atoms with van der Waals surface area (Å²) < 4.78 is 169. The number of benzene rings is 7. The molecule has 7 aromatic carbocycles. The molecule has 6 N–H and O–H groups in total. The van der Waals surface area contributed by atoms with Crippen LogP contribution < -0.4 is 44.4 Å². The molecule has 566 valence electrons. The fourth-order valence-electron chi connectivity index (χ4n) is 14.9. The van der Waals surface area contributed by atoms with Crippen LogP contribution in [0, 0.1) is 17.5 Å². The van der Waals surface area contributed by atoms with Crippen molar-refractivity contribution in [1.29, 1.82) is 0 Å². The van der Waals surface area contributed by atoms with Crippen molar-refractivity contribution in [1.82, 2.24) is 16.0 Å². The van der Waals surface area contributed by atoms with E-state index in [0.717, 1.165) is 43.7 Å². The van der Waals surface area contributed by atoms with E-state index in [1.54, 1.807) is 31.2 Å². The van der Waals surface area contributed by atoms with Crippen LogP contribution in [-0.4, -0.2) is 87.0 Å². The number of aromatic hydroxyl groups is 3. The quantitative estimate of drug-likeness (QED) is 0.0309. The average Bonchev–Trinajstić information content (AvgIpc) is 1.55. The van der Waals surface area contributed by atoms with Gasteiger partial charge in [0.25, 0.3) is 0 Å². The Morgan fingerprint density at radius 3 is 1.23 bits per heavy atom. The smallest absolute Gasteiger partial charge is 0.224 e. The average molecular weight is 1490 g/mol. The summed E-state index contributed by atoms with van der Waals surface area (Å²) in [7, 11) is 8.12. The van der Waals surface area contributed by atoms with E-state index in [0.29, 0.717) is 44.9 Å². The summed E-state index contributed by atoms with van der Waals surface area (Å²) in [5, 5.41) is 38.9. The van der Waals surface area contributed by atoms with Crippen molar-refractivity contribution in [2.24, 2.45) is 0 Å². The Kier molecular flexibility index (Phi) is 23.4. The highest BCUT2D eigenvalue weighted by molar-refractivity contribution is 5.93. The number of rotatable bonds is 24. The lowest BCUT2D eigenvalue weighted by Crippen LogP contribution is -2.46. The summed E-state index contributed by atoms with van der Waals surface area (Å²) >= 11 is 0. The maximum absolute atomic E-state index is 17.2. The number of hydrogen-bond donors (Lipinski definition) is 6. The maximum atomic E-state index is 17.2. The fourth-order valence-corrected chi connectivity index (χ4v) is 14.9. The normalized spacial score (nSPS) is 21.4. The van der Waals surface area contributed by atoms with E-state index < -0.39 is 87.7 Å². The lowest BCUT2D eigenvalue weighted by molar-refractivity contribution is -0.124. The third-order valence-corrected chi connectivity index (χ3v) is 20.8. The van der Waals surface area contributed by atoms with Crippen molar-refractivity contribution in [2.45, 2.75) is 132 Å². The second-order valence-electron chi connectivity index (χ2n) is 26.8. The van der Waals surface area contributed by atoms with Crippen LogP contribution in [0.5, 0.6) is 51.7 Å². The number of furan rings is 2. The van der Waals surface area contributed by atoms with Crippen LogP contribution in [0.3, 0.4) is 0 Å². The molecule has 0 fully saturated rings. The van der Waals surface area contributed by atoms with Gasteiger partial charge in [0.05, 0.1) is 74.7 Å². The zero-order valence-electron chi connectivity index (χ0n) is 60.6.